The molecule has 1 aromatic carbocycles. The van der Waals surface area contributed by atoms with Crippen molar-refractivity contribution in [1.29, 1.82) is 0 Å². The molecule has 3 nitrogen and oxygen atoms in total. The lowest BCUT2D eigenvalue weighted by atomic mass is 9.70. The molecule has 0 unspecified atom stereocenters. The van der Waals surface area contributed by atoms with Crippen molar-refractivity contribution >= 4 is 28.8 Å². The van der Waals surface area contributed by atoms with Crippen molar-refractivity contribution in [3.8, 4) is 0 Å². The van der Waals surface area contributed by atoms with Gasteiger partial charge in [0, 0.05) is 17.5 Å². The monoisotopic (exact) mass is 361 g/mol. The predicted octanol–water partition coefficient (Wildman–Crippen LogP) is 4.00. The van der Waals surface area contributed by atoms with Crippen LogP contribution in [0, 0.1) is 5.41 Å². The van der Waals surface area contributed by atoms with Crippen LogP contribution in [0.4, 0.5) is 0 Å². The van der Waals surface area contributed by atoms with Crippen molar-refractivity contribution in [3.05, 3.63) is 57.2 Å². The van der Waals surface area contributed by atoms with Gasteiger partial charge in [0.05, 0.1) is 15.8 Å². The minimum absolute atomic E-state index is 0.0720. The number of aliphatic hydroxyl groups excluding tert-OH is 1. The molecule has 2 saturated heterocycles. The van der Waals surface area contributed by atoms with E-state index in [1.54, 1.807) is 6.07 Å². The average Bonchev–Trinajstić information content (AvgIpc) is 3.28. The largest absolute Gasteiger partial charge is 0.396 e. The van der Waals surface area contributed by atoms with Crippen molar-refractivity contribution < 1.29 is 9.90 Å². The third-order valence-electron chi connectivity index (χ3n) is 5.58. The fraction of sp³-hybridized carbons (Fsp3) is 0.421. The van der Waals surface area contributed by atoms with Crippen molar-refractivity contribution in [2.24, 2.45) is 5.41 Å². The van der Waals surface area contributed by atoms with Crippen LogP contribution < -0.4 is 0 Å². The first kappa shape index (κ1) is 16.1. The van der Waals surface area contributed by atoms with Gasteiger partial charge in [0.1, 0.15) is 0 Å². The molecule has 0 spiro atoms. The highest BCUT2D eigenvalue weighted by Crippen LogP contribution is 2.52. The Morgan fingerprint density at radius 2 is 2.04 bits per heavy atom. The zero-order chi connectivity index (χ0) is 16.7. The number of halogens is 1. The Morgan fingerprint density at radius 3 is 2.71 bits per heavy atom. The molecule has 5 heteroatoms. The standard InChI is InChI=1S/C19H20ClNO2S/c20-17-9-7-15(24-17)18(23)21-14-6-8-16(21)19(11-14,12-22)10-13-4-2-1-3-5-13/h1-5,7,9,14,16,22H,6,8,10-12H2/t14-,16+,19-/m0/s1. The first-order valence-corrected chi connectivity index (χ1v) is 9.55. The van der Waals surface area contributed by atoms with E-state index in [1.165, 1.54) is 16.9 Å². The van der Waals surface area contributed by atoms with Gasteiger partial charge >= 0.3 is 0 Å². The SMILES string of the molecule is O=C(c1ccc(Cl)s1)N1[C@H]2CC[C@@H]1[C@@](CO)(Cc1ccccc1)C2. The minimum atomic E-state index is -0.221. The molecule has 4 rings (SSSR count). The van der Waals surface area contributed by atoms with Gasteiger partial charge in [-0.3, -0.25) is 4.79 Å². The van der Waals surface area contributed by atoms with Crippen LogP contribution in [0.2, 0.25) is 4.34 Å². The summed E-state index contributed by atoms with van der Waals surface area (Å²) in [4.78, 5) is 15.7. The number of rotatable bonds is 4. The molecule has 0 aliphatic carbocycles. The molecule has 0 saturated carbocycles. The lowest BCUT2D eigenvalue weighted by Crippen LogP contribution is -2.43. The van der Waals surface area contributed by atoms with Crippen molar-refractivity contribution in [3.63, 3.8) is 0 Å². The van der Waals surface area contributed by atoms with Gasteiger partial charge in [0.2, 0.25) is 0 Å². The van der Waals surface area contributed by atoms with Gasteiger partial charge in [0.15, 0.2) is 0 Å². The van der Waals surface area contributed by atoms with E-state index < -0.39 is 0 Å². The zero-order valence-corrected chi connectivity index (χ0v) is 14.9. The summed E-state index contributed by atoms with van der Waals surface area (Å²) in [6.07, 6.45) is 3.71. The molecule has 2 fully saturated rings. The second-order valence-corrected chi connectivity index (χ2v) is 8.67. The first-order valence-electron chi connectivity index (χ1n) is 8.36. The van der Waals surface area contributed by atoms with Gasteiger partial charge in [-0.2, -0.15) is 0 Å². The molecular weight excluding hydrogens is 342 g/mol. The predicted molar refractivity (Wildman–Crippen MR) is 96.6 cm³/mol. The highest BCUT2D eigenvalue weighted by molar-refractivity contribution is 7.17. The normalized spacial score (nSPS) is 28.5. The summed E-state index contributed by atoms with van der Waals surface area (Å²) in [5.41, 5.74) is 1.01. The van der Waals surface area contributed by atoms with E-state index in [9.17, 15) is 9.90 Å². The zero-order valence-electron chi connectivity index (χ0n) is 13.3. The van der Waals surface area contributed by atoms with Crippen LogP contribution in [0.15, 0.2) is 42.5 Å². The molecular formula is C19H20ClNO2S. The average molecular weight is 362 g/mol. The van der Waals surface area contributed by atoms with Gasteiger partial charge in [-0.1, -0.05) is 41.9 Å². The number of carbonyl (C=O) groups is 1. The van der Waals surface area contributed by atoms with Crippen molar-refractivity contribution in [2.75, 3.05) is 6.61 Å². The number of carbonyl (C=O) groups excluding carboxylic acids is 1. The van der Waals surface area contributed by atoms with Gasteiger partial charge < -0.3 is 10.0 Å². The molecule has 24 heavy (non-hydrogen) atoms. The number of benzene rings is 1. The van der Waals surface area contributed by atoms with Gasteiger partial charge in [-0.15, -0.1) is 11.3 Å². The van der Waals surface area contributed by atoms with Crippen molar-refractivity contribution in [2.45, 2.75) is 37.8 Å². The Morgan fingerprint density at radius 1 is 1.25 bits per heavy atom. The maximum atomic E-state index is 13.0. The van der Waals surface area contributed by atoms with Crippen LogP contribution >= 0.6 is 22.9 Å². The summed E-state index contributed by atoms with van der Waals surface area (Å²) < 4.78 is 0.641. The van der Waals surface area contributed by atoms with E-state index in [1.807, 2.05) is 29.2 Å². The van der Waals surface area contributed by atoms with Crippen LogP contribution in [0.3, 0.4) is 0 Å². The van der Waals surface area contributed by atoms with E-state index in [0.717, 1.165) is 25.7 Å². The highest BCUT2D eigenvalue weighted by Gasteiger charge is 2.57. The summed E-state index contributed by atoms with van der Waals surface area (Å²) in [6, 6.07) is 14.2. The molecule has 2 aliphatic heterocycles. The smallest absolute Gasteiger partial charge is 0.264 e. The van der Waals surface area contributed by atoms with Gasteiger partial charge in [0.25, 0.3) is 5.91 Å². The Labute approximate surface area is 150 Å². The summed E-state index contributed by atoms with van der Waals surface area (Å²) in [5, 5.41) is 10.2. The Hall–Kier alpha value is -1.36. The van der Waals surface area contributed by atoms with E-state index in [-0.39, 0.29) is 30.0 Å². The Balaban J connectivity index is 1.62. The number of nitrogens with zero attached hydrogens (tertiary/aromatic N) is 1. The Kier molecular flexibility index (Phi) is 4.15. The lowest BCUT2D eigenvalue weighted by molar-refractivity contribution is 0.0575. The molecule has 0 radical (unpaired) electrons. The first-order chi connectivity index (χ1) is 11.6. The van der Waals surface area contributed by atoms with Crippen LogP contribution in [0.1, 0.15) is 34.5 Å². The molecule has 1 amide bonds. The van der Waals surface area contributed by atoms with E-state index in [0.29, 0.717) is 9.21 Å². The van der Waals surface area contributed by atoms with Crippen LogP contribution in [0.5, 0.6) is 0 Å². The van der Waals surface area contributed by atoms with Crippen LogP contribution in [-0.4, -0.2) is 34.6 Å². The molecule has 3 atom stereocenters. The van der Waals surface area contributed by atoms with Crippen LogP contribution in [-0.2, 0) is 6.42 Å². The fourth-order valence-corrected chi connectivity index (χ4v) is 5.56. The minimum Gasteiger partial charge on any atom is -0.396 e. The maximum absolute atomic E-state index is 13.0. The lowest BCUT2D eigenvalue weighted by Gasteiger charge is -2.36. The second kappa shape index (κ2) is 6.17. The van der Waals surface area contributed by atoms with Gasteiger partial charge in [-0.25, -0.2) is 0 Å². The molecule has 2 bridgehead atoms. The summed E-state index contributed by atoms with van der Waals surface area (Å²) in [7, 11) is 0. The highest BCUT2D eigenvalue weighted by atomic mass is 35.5. The molecule has 1 aromatic heterocycles. The maximum Gasteiger partial charge on any atom is 0.264 e. The number of hydrogen-bond donors (Lipinski definition) is 1. The van der Waals surface area contributed by atoms with Crippen molar-refractivity contribution in [1.82, 2.24) is 4.90 Å². The number of amides is 1. The molecule has 2 aliphatic rings. The second-order valence-electron chi connectivity index (χ2n) is 6.95. The van der Waals surface area contributed by atoms with Crippen LogP contribution in [0.25, 0.3) is 0 Å². The third-order valence-corrected chi connectivity index (χ3v) is 6.80. The van der Waals surface area contributed by atoms with Gasteiger partial charge in [-0.05, 0) is 43.4 Å². The number of thiophene rings is 1. The summed E-state index contributed by atoms with van der Waals surface area (Å²) >= 11 is 7.34. The molecule has 1 N–H and O–H groups in total. The van der Waals surface area contributed by atoms with E-state index in [4.69, 9.17) is 11.6 Å². The van der Waals surface area contributed by atoms with E-state index >= 15 is 0 Å². The number of hydrogen-bond acceptors (Lipinski definition) is 3. The quantitative estimate of drug-likeness (QED) is 0.894. The molecule has 126 valence electrons. The van der Waals surface area contributed by atoms with E-state index in [2.05, 4.69) is 12.1 Å². The fourth-order valence-electron chi connectivity index (χ4n) is 4.57. The third kappa shape index (κ3) is 2.57. The summed E-state index contributed by atoms with van der Waals surface area (Å²) in [6.45, 7) is 0.123. The molecule has 3 heterocycles. The number of aliphatic hydroxyl groups is 1. The summed E-state index contributed by atoms with van der Waals surface area (Å²) in [5.74, 6) is 0.0720. The topological polar surface area (TPSA) is 40.5 Å². The number of fused-ring (bicyclic) bond motifs is 2. The Bertz CT molecular complexity index is 747. The molecule has 2 aromatic rings.